The zero-order valence-electron chi connectivity index (χ0n) is 16.3. The summed E-state index contributed by atoms with van der Waals surface area (Å²) in [6, 6.07) is 14.0. The minimum Gasteiger partial charge on any atom is -0.497 e. The van der Waals surface area contributed by atoms with Gasteiger partial charge in [0.25, 0.3) is 0 Å². The molecule has 0 aromatic heterocycles. The van der Waals surface area contributed by atoms with Gasteiger partial charge in [0.2, 0.25) is 0 Å². The number of carbonyl (C=O) groups excluding carboxylic acids is 1. The molecule has 3 rings (SSSR count). The monoisotopic (exact) mass is 406 g/mol. The van der Waals surface area contributed by atoms with Crippen molar-refractivity contribution in [2.75, 3.05) is 20.2 Å². The molecule has 156 valence electrons. The van der Waals surface area contributed by atoms with E-state index in [9.17, 15) is 18.0 Å². The first-order valence-electron chi connectivity index (χ1n) is 9.62. The van der Waals surface area contributed by atoms with Gasteiger partial charge in [0.05, 0.1) is 13.5 Å². The van der Waals surface area contributed by atoms with E-state index in [2.05, 4.69) is 5.32 Å². The Labute approximate surface area is 168 Å². The number of carbonyl (C=O) groups is 1. The van der Waals surface area contributed by atoms with Crippen molar-refractivity contribution in [3.63, 3.8) is 0 Å². The highest BCUT2D eigenvalue weighted by Crippen LogP contribution is 2.23. The van der Waals surface area contributed by atoms with Crippen LogP contribution in [0.4, 0.5) is 18.0 Å². The lowest BCUT2D eigenvalue weighted by atomic mass is 9.99. The van der Waals surface area contributed by atoms with Crippen LogP contribution >= 0.6 is 0 Å². The first kappa shape index (κ1) is 21.0. The molecule has 0 saturated carbocycles. The van der Waals surface area contributed by atoms with E-state index in [4.69, 9.17) is 4.74 Å². The summed E-state index contributed by atoms with van der Waals surface area (Å²) in [7, 11) is 1.63. The predicted molar refractivity (Wildman–Crippen MR) is 105 cm³/mol. The van der Waals surface area contributed by atoms with Crippen molar-refractivity contribution in [2.24, 2.45) is 5.92 Å². The van der Waals surface area contributed by atoms with Gasteiger partial charge in [0.1, 0.15) is 5.75 Å². The van der Waals surface area contributed by atoms with Gasteiger partial charge in [-0.2, -0.15) is 13.2 Å². The summed E-state index contributed by atoms with van der Waals surface area (Å²) in [5.41, 5.74) is 2.07. The van der Waals surface area contributed by atoms with E-state index in [0.29, 0.717) is 24.6 Å². The predicted octanol–water partition coefficient (Wildman–Crippen LogP) is 4.57. The molecule has 1 heterocycles. The van der Waals surface area contributed by atoms with E-state index in [1.54, 1.807) is 24.1 Å². The van der Waals surface area contributed by atoms with Crippen molar-refractivity contribution < 1.29 is 22.7 Å². The minimum atomic E-state index is -4.24. The first-order valence-corrected chi connectivity index (χ1v) is 9.62. The number of nitrogens with one attached hydrogen (secondary N) is 1. The molecule has 7 heteroatoms. The number of likely N-dealkylation sites (tertiary alicyclic amines) is 1. The average Bonchev–Trinajstić information content (AvgIpc) is 3.14. The molecule has 1 atom stereocenters. The number of nitrogens with zero attached hydrogens (tertiary/aromatic N) is 1. The number of rotatable bonds is 6. The van der Waals surface area contributed by atoms with Crippen molar-refractivity contribution in [1.29, 1.82) is 0 Å². The lowest BCUT2D eigenvalue weighted by Crippen LogP contribution is -2.38. The fraction of sp³-hybridized carbons (Fsp3) is 0.409. The van der Waals surface area contributed by atoms with E-state index in [0.717, 1.165) is 18.6 Å². The quantitative estimate of drug-likeness (QED) is 0.763. The van der Waals surface area contributed by atoms with Crippen molar-refractivity contribution in [3.8, 4) is 5.75 Å². The smallest absolute Gasteiger partial charge is 0.393 e. The van der Waals surface area contributed by atoms with Crippen LogP contribution in [0.5, 0.6) is 5.75 Å². The number of benzene rings is 2. The summed E-state index contributed by atoms with van der Waals surface area (Å²) < 4.78 is 42.8. The molecule has 0 bridgehead atoms. The Morgan fingerprint density at radius 1 is 1.14 bits per heavy atom. The molecule has 1 aliphatic rings. The Morgan fingerprint density at radius 3 is 2.55 bits per heavy atom. The Hall–Kier alpha value is -2.70. The van der Waals surface area contributed by atoms with Crippen LogP contribution in [0, 0.1) is 5.92 Å². The average molecular weight is 406 g/mol. The van der Waals surface area contributed by atoms with Gasteiger partial charge in [-0.15, -0.1) is 0 Å². The summed E-state index contributed by atoms with van der Waals surface area (Å²) in [4.78, 5) is 14.2. The summed E-state index contributed by atoms with van der Waals surface area (Å²) in [5, 5.41) is 2.82. The van der Waals surface area contributed by atoms with Crippen LogP contribution in [0.25, 0.3) is 0 Å². The SMILES string of the molecule is COc1ccc(CC2CCN(C(=O)NCc3cccc(CC(F)(F)F)c3)C2)cc1. The molecule has 0 radical (unpaired) electrons. The molecular formula is C22H25F3N2O2. The maximum atomic E-state index is 12.5. The van der Waals surface area contributed by atoms with Crippen LogP contribution in [0.2, 0.25) is 0 Å². The van der Waals surface area contributed by atoms with Crippen LogP contribution in [-0.4, -0.2) is 37.3 Å². The molecule has 1 unspecified atom stereocenters. The second kappa shape index (κ2) is 9.20. The van der Waals surface area contributed by atoms with Gasteiger partial charge in [0.15, 0.2) is 0 Å². The molecule has 4 nitrogen and oxygen atoms in total. The van der Waals surface area contributed by atoms with Crippen LogP contribution in [0.1, 0.15) is 23.1 Å². The van der Waals surface area contributed by atoms with E-state index in [1.165, 1.54) is 17.7 Å². The molecule has 1 saturated heterocycles. The van der Waals surface area contributed by atoms with E-state index >= 15 is 0 Å². The number of alkyl halides is 3. The van der Waals surface area contributed by atoms with Gasteiger partial charge in [0, 0.05) is 19.6 Å². The molecular weight excluding hydrogens is 381 g/mol. The van der Waals surface area contributed by atoms with Crippen LogP contribution in [-0.2, 0) is 19.4 Å². The fourth-order valence-electron chi connectivity index (χ4n) is 3.65. The van der Waals surface area contributed by atoms with Gasteiger partial charge < -0.3 is 15.0 Å². The standard InChI is InChI=1S/C22H25F3N2O2/c1-29-20-7-5-16(6-8-20)11-19-9-10-27(15-19)21(28)26-14-18-4-2-3-17(12-18)13-22(23,24)25/h2-8,12,19H,9-11,13-15H2,1H3,(H,26,28). The minimum absolute atomic E-state index is 0.177. The van der Waals surface area contributed by atoms with Gasteiger partial charge in [-0.3, -0.25) is 0 Å². The van der Waals surface area contributed by atoms with Crippen LogP contribution < -0.4 is 10.1 Å². The molecule has 2 aromatic rings. The Morgan fingerprint density at radius 2 is 1.86 bits per heavy atom. The molecule has 2 amide bonds. The van der Waals surface area contributed by atoms with Gasteiger partial charge >= 0.3 is 12.2 Å². The van der Waals surface area contributed by atoms with Gasteiger partial charge in [-0.05, 0) is 47.6 Å². The van der Waals surface area contributed by atoms with E-state index in [-0.39, 0.29) is 18.1 Å². The number of ether oxygens (including phenoxy) is 1. The highest BCUT2D eigenvalue weighted by atomic mass is 19.4. The first-order chi connectivity index (χ1) is 13.8. The van der Waals surface area contributed by atoms with Crippen molar-refractivity contribution in [3.05, 3.63) is 65.2 Å². The van der Waals surface area contributed by atoms with Gasteiger partial charge in [-0.25, -0.2) is 4.79 Å². The van der Waals surface area contributed by atoms with Crippen molar-refractivity contribution >= 4 is 6.03 Å². The second-order valence-electron chi connectivity index (χ2n) is 7.42. The van der Waals surface area contributed by atoms with E-state index < -0.39 is 12.6 Å². The maximum absolute atomic E-state index is 12.5. The number of halogens is 3. The third kappa shape index (κ3) is 6.41. The van der Waals surface area contributed by atoms with Crippen LogP contribution in [0.15, 0.2) is 48.5 Å². The zero-order chi connectivity index (χ0) is 20.9. The Balaban J connectivity index is 1.47. The lowest BCUT2D eigenvalue weighted by Gasteiger charge is -2.18. The largest absolute Gasteiger partial charge is 0.497 e. The third-order valence-corrected chi connectivity index (χ3v) is 5.10. The summed E-state index contributed by atoms with van der Waals surface area (Å²) in [6.07, 6.45) is -3.38. The Kier molecular flexibility index (Phi) is 6.67. The van der Waals surface area contributed by atoms with Crippen molar-refractivity contribution in [2.45, 2.75) is 32.0 Å². The third-order valence-electron chi connectivity index (χ3n) is 5.10. The number of methoxy groups -OCH3 is 1. The second-order valence-corrected chi connectivity index (χ2v) is 7.42. The fourth-order valence-corrected chi connectivity index (χ4v) is 3.65. The van der Waals surface area contributed by atoms with Gasteiger partial charge in [-0.1, -0.05) is 36.4 Å². The van der Waals surface area contributed by atoms with Crippen LogP contribution in [0.3, 0.4) is 0 Å². The topological polar surface area (TPSA) is 41.6 Å². The number of hydrogen-bond acceptors (Lipinski definition) is 2. The highest BCUT2D eigenvalue weighted by Gasteiger charge is 2.28. The Bertz CT molecular complexity index is 822. The summed E-state index contributed by atoms with van der Waals surface area (Å²) in [6.45, 7) is 1.57. The normalized spacial score (nSPS) is 16.7. The zero-order valence-corrected chi connectivity index (χ0v) is 16.3. The van der Waals surface area contributed by atoms with Crippen molar-refractivity contribution in [1.82, 2.24) is 10.2 Å². The van der Waals surface area contributed by atoms with E-state index in [1.807, 2.05) is 24.3 Å². The molecule has 0 aliphatic carbocycles. The molecule has 1 fully saturated rings. The summed E-state index contributed by atoms with van der Waals surface area (Å²) >= 11 is 0. The summed E-state index contributed by atoms with van der Waals surface area (Å²) in [5.74, 6) is 1.21. The molecule has 1 N–H and O–H groups in total. The highest BCUT2D eigenvalue weighted by molar-refractivity contribution is 5.74. The number of hydrogen-bond donors (Lipinski definition) is 1. The lowest BCUT2D eigenvalue weighted by molar-refractivity contribution is -0.127. The maximum Gasteiger partial charge on any atom is 0.393 e. The number of amides is 2. The molecule has 29 heavy (non-hydrogen) atoms. The molecule has 1 aliphatic heterocycles. The number of urea groups is 1. The molecule has 2 aromatic carbocycles. The molecule has 0 spiro atoms.